The van der Waals surface area contributed by atoms with Crippen LogP contribution in [-0.2, 0) is 0 Å². The molecule has 0 aliphatic heterocycles. The summed E-state index contributed by atoms with van der Waals surface area (Å²) in [7, 11) is 0. The molecule has 70 valence electrons. The lowest BCUT2D eigenvalue weighted by atomic mass is 10.1. The van der Waals surface area contributed by atoms with Gasteiger partial charge in [-0.1, -0.05) is 34.3 Å². The first kappa shape index (κ1) is 11.3. The molecule has 1 nitrogen and oxygen atoms in total. The average molecular weight is 167 g/mol. The highest BCUT2D eigenvalue weighted by molar-refractivity contribution is 5.00. The molecule has 12 heavy (non-hydrogen) atoms. The fraction of sp³-hybridized carbons (Fsp3) is 0.727. The summed E-state index contributed by atoms with van der Waals surface area (Å²) in [5.41, 5.74) is 4.12. The van der Waals surface area contributed by atoms with Crippen LogP contribution in [0.2, 0.25) is 0 Å². The lowest BCUT2D eigenvalue weighted by molar-refractivity contribution is 0.535. The van der Waals surface area contributed by atoms with E-state index < -0.39 is 0 Å². The predicted molar refractivity (Wildman–Crippen MR) is 54.9 cm³/mol. The Bertz CT molecular complexity index is 164. The summed E-state index contributed by atoms with van der Waals surface area (Å²) in [5, 5.41) is 3.36. The highest BCUT2D eigenvalue weighted by atomic mass is 14.9. The van der Waals surface area contributed by atoms with E-state index in [0.29, 0.717) is 11.8 Å². The highest BCUT2D eigenvalue weighted by Crippen LogP contribution is 2.09. The molecule has 0 aliphatic carbocycles. The minimum Gasteiger partial charge on any atom is -0.382 e. The molecule has 0 saturated carbocycles. The summed E-state index contributed by atoms with van der Waals surface area (Å²) < 4.78 is 0. The predicted octanol–water partition coefficient (Wildman–Crippen LogP) is 2.95. The number of nitrogens with one attached hydrogen (secondary N) is 1. The third-order valence-corrected chi connectivity index (χ3v) is 2.00. The fourth-order valence-corrected chi connectivity index (χ4v) is 0.929. The standard InChI is InChI=1S/C11H21N/c1-6-10(5)11(7-2)12-8-9(3)4/h9-10,12H,2,6,8H2,1,3-5H3. The Morgan fingerprint density at radius 2 is 2.00 bits per heavy atom. The summed E-state index contributed by atoms with van der Waals surface area (Å²) in [5.74, 6) is 1.23. The second-order valence-electron chi connectivity index (χ2n) is 3.67. The Morgan fingerprint density at radius 3 is 2.33 bits per heavy atom. The fourth-order valence-electron chi connectivity index (χ4n) is 0.929. The molecule has 0 saturated heterocycles. The Labute approximate surface area is 76.6 Å². The molecule has 1 heteroatoms. The molecular formula is C11H21N. The summed E-state index contributed by atoms with van der Waals surface area (Å²) in [4.78, 5) is 0. The highest BCUT2D eigenvalue weighted by Gasteiger charge is 2.04. The van der Waals surface area contributed by atoms with Gasteiger partial charge in [-0.2, -0.15) is 0 Å². The number of hydrogen-bond donors (Lipinski definition) is 1. The van der Waals surface area contributed by atoms with Gasteiger partial charge in [-0.3, -0.25) is 0 Å². The van der Waals surface area contributed by atoms with Gasteiger partial charge in [-0.05, 0) is 12.3 Å². The maximum Gasteiger partial charge on any atom is 0.0560 e. The van der Waals surface area contributed by atoms with Crippen LogP contribution in [0.5, 0.6) is 0 Å². The van der Waals surface area contributed by atoms with E-state index in [9.17, 15) is 0 Å². The molecule has 0 radical (unpaired) electrons. The summed E-state index contributed by atoms with van der Waals surface area (Å²) in [6.45, 7) is 13.5. The third-order valence-electron chi connectivity index (χ3n) is 2.00. The van der Waals surface area contributed by atoms with Crippen LogP contribution in [0.15, 0.2) is 18.0 Å². The van der Waals surface area contributed by atoms with Gasteiger partial charge >= 0.3 is 0 Å². The molecular weight excluding hydrogens is 146 g/mol. The molecule has 0 spiro atoms. The normalized spacial score (nSPS) is 12.4. The molecule has 0 amide bonds. The molecule has 0 rings (SSSR count). The van der Waals surface area contributed by atoms with Crippen molar-refractivity contribution in [3.63, 3.8) is 0 Å². The topological polar surface area (TPSA) is 12.0 Å². The van der Waals surface area contributed by atoms with Gasteiger partial charge in [0.25, 0.3) is 0 Å². The Morgan fingerprint density at radius 1 is 1.42 bits per heavy atom. The minimum absolute atomic E-state index is 0.557. The van der Waals surface area contributed by atoms with Crippen molar-refractivity contribution in [1.82, 2.24) is 5.32 Å². The zero-order valence-electron chi connectivity index (χ0n) is 8.78. The van der Waals surface area contributed by atoms with Crippen molar-refractivity contribution in [2.75, 3.05) is 6.54 Å². The second-order valence-corrected chi connectivity index (χ2v) is 3.67. The van der Waals surface area contributed by atoms with Crippen LogP contribution >= 0.6 is 0 Å². The van der Waals surface area contributed by atoms with Crippen molar-refractivity contribution in [1.29, 1.82) is 0 Å². The van der Waals surface area contributed by atoms with Crippen LogP contribution in [-0.4, -0.2) is 6.54 Å². The lowest BCUT2D eigenvalue weighted by Gasteiger charge is -2.15. The van der Waals surface area contributed by atoms with E-state index >= 15 is 0 Å². The van der Waals surface area contributed by atoms with Crippen LogP contribution in [0.3, 0.4) is 0 Å². The average Bonchev–Trinajstić information content (AvgIpc) is 2.04. The third kappa shape index (κ3) is 4.25. The summed E-state index contributed by atoms with van der Waals surface area (Å²) in [6.07, 6.45) is 1.14. The largest absolute Gasteiger partial charge is 0.382 e. The van der Waals surface area contributed by atoms with Gasteiger partial charge in [-0.15, -0.1) is 5.73 Å². The molecule has 0 aromatic rings. The van der Waals surface area contributed by atoms with Crippen molar-refractivity contribution in [3.8, 4) is 0 Å². The quantitative estimate of drug-likeness (QED) is 0.621. The molecule has 1 atom stereocenters. The Balaban J connectivity index is 3.94. The Hall–Kier alpha value is -0.680. The molecule has 1 N–H and O–H groups in total. The van der Waals surface area contributed by atoms with E-state index in [4.69, 9.17) is 0 Å². The molecule has 0 aromatic heterocycles. The smallest absolute Gasteiger partial charge is 0.0560 e. The van der Waals surface area contributed by atoms with Gasteiger partial charge in [-0.25, -0.2) is 0 Å². The summed E-state index contributed by atoms with van der Waals surface area (Å²) >= 11 is 0. The first-order chi connectivity index (χ1) is 5.61. The van der Waals surface area contributed by atoms with Crippen LogP contribution in [0.25, 0.3) is 0 Å². The SMILES string of the molecule is C=C=C(NCC(C)C)C(C)CC. The molecule has 0 aliphatic rings. The zero-order chi connectivity index (χ0) is 9.56. The van der Waals surface area contributed by atoms with Crippen LogP contribution in [0.1, 0.15) is 34.1 Å². The second kappa shape index (κ2) is 5.91. The van der Waals surface area contributed by atoms with Gasteiger partial charge < -0.3 is 5.32 Å². The van der Waals surface area contributed by atoms with E-state index in [1.807, 2.05) is 0 Å². The molecule has 0 bridgehead atoms. The maximum absolute atomic E-state index is 3.68. The number of allylic oxidation sites excluding steroid dienone is 1. The monoisotopic (exact) mass is 167 g/mol. The van der Waals surface area contributed by atoms with Crippen LogP contribution in [0.4, 0.5) is 0 Å². The van der Waals surface area contributed by atoms with Crippen molar-refractivity contribution in [3.05, 3.63) is 18.0 Å². The van der Waals surface area contributed by atoms with E-state index in [-0.39, 0.29) is 0 Å². The van der Waals surface area contributed by atoms with Gasteiger partial charge in [0.15, 0.2) is 0 Å². The first-order valence-electron chi connectivity index (χ1n) is 4.75. The van der Waals surface area contributed by atoms with Crippen molar-refractivity contribution in [2.24, 2.45) is 11.8 Å². The lowest BCUT2D eigenvalue weighted by Crippen LogP contribution is -2.22. The van der Waals surface area contributed by atoms with E-state index in [1.165, 1.54) is 0 Å². The van der Waals surface area contributed by atoms with Gasteiger partial charge in [0.05, 0.1) is 5.70 Å². The van der Waals surface area contributed by atoms with Crippen molar-refractivity contribution < 1.29 is 0 Å². The van der Waals surface area contributed by atoms with Gasteiger partial charge in [0.2, 0.25) is 0 Å². The number of rotatable bonds is 5. The number of hydrogen-bond acceptors (Lipinski definition) is 1. The zero-order valence-corrected chi connectivity index (χ0v) is 8.78. The molecule has 0 heterocycles. The minimum atomic E-state index is 0.557. The van der Waals surface area contributed by atoms with E-state index in [0.717, 1.165) is 18.7 Å². The van der Waals surface area contributed by atoms with Gasteiger partial charge in [0, 0.05) is 12.5 Å². The summed E-state index contributed by atoms with van der Waals surface area (Å²) in [6, 6.07) is 0. The molecule has 0 fully saturated rings. The first-order valence-corrected chi connectivity index (χ1v) is 4.75. The maximum atomic E-state index is 3.68. The van der Waals surface area contributed by atoms with Crippen LogP contribution < -0.4 is 5.32 Å². The Kier molecular flexibility index (Phi) is 5.57. The van der Waals surface area contributed by atoms with E-state index in [2.05, 4.69) is 45.3 Å². The van der Waals surface area contributed by atoms with Crippen molar-refractivity contribution in [2.45, 2.75) is 34.1 Å². The van der Waals surface area contributed by atoms with Gasteiger partial charge in [0.1, 0.15) is 0 Å². The molecule has 1 unspecified atom stereocenters. The van der Waals surface area contributed by atoms with Crippen LogP contribution in [0, 0.1) is 11.8 Å². The van der Waals surface area contributed by atoms with E-state index in [1.54, 1.807) is 0 Å². The molecule has 0 aromatic carbocycles. The van der Waals surface area contributed by atoms with Crippen molar-refractivity contribution >= 4 is 0 Å².